The number of fused-ring (bicyclic) bond motifs is 5. The van der Waals surface area contributed by atoms with Crippen molar-refractivity contribution in [1.82, 2.24) is 9.80 Å². The van der Waals surface area contributed by atoms with Crippen molar-refractivity contribution in [2.45, 2.75) is 13.3 Å². The molecule has 4 aliphatic rings. The first kappa shape index (κ1) is 19.0. The first-order valence-electron chi connectivity index (χ1n) is 10.6. The van der Waals surface area contributed by atoms with Crippen molar-refractivity contribution in [2.24, 2.45) is 23.7 Å². The lowest BCUT2D eigenvalue weighted by Crippen LogP contribution is -2.52. The van der Waals surface area contributed by atoms with E-state index in [1.54, 1.807) is 11.8 Å². The van der Waals surface area contributed by atoms with Gasteiger partial charge >= 0.3 is 0 Å². The number of carbonyl (C=O) groups is 4. The SMILES string of the molecule is CC(=O)c1ccc(N2CCN(C(=O)CN3C(=O)[C@H]4[C@H](C3=O)[C@H]3C=C[C@H]4C3)CC2)cc1. The predicted molar refractivity (Wildman–Crippen MR) is 110 cm³/mol. The van der Waals surface area contributed by atoms with E-state index in [4.69, 9.17) is 0 Å². The molecule has 0 unspecified atom stereocenters. The molecule has 2 aliphatic carbocycles. The second-order valence-corrected chi connectivity index (χ2v) is 8.73. The van der Waals surface area contributed by atoms with Gasteiger partial charge in [-0.2, -0.15) is 0 Å². The lowest BCUT2D eigenvalue weighted by Gasteiger charge is -2.36. The molecule has 1 aromatic carbocycles. The second-order valence-electron chi connectivity index (χ2n) is 8.73. The Morgan fingerprint density at radius 1 is 0.900 bits per heavy atom. The Balaban J connectivity index is 1.18. The number of hydrogen-bond donors (Lipinski definition) is 0. The molecule has 156 valence electrons. The van der Waals surface area contributed by atoms with Crippen LogP contribution in [0.3, 0.4) is 0 Å². The van der Waals surface area contributed by atoms with Crippen LogP contribution >= 0.6 is 0 Å². The highest BCUT2D eigenvalue weighted by Gasteiger charge is 2.59. The average Bonchev–Trinajstić information content (AvgIpc) is 3.44. The fourth-order valence-electron chi connectivity index (χ4n) is 5.48. The Morgan fingerprint density at radius 2 is 1.47 bits per heavy atom. The minimum atomic E-state index is -0.255. The molecule has 2 heterocycles. The van der Waals surface area contributed by atoms with Crippen molar-refractivity contribution in [1.29, 1.82) is 0 Å². The number of allylic oxidation sites excluding steroid dienone is 2. The molecule has 0 radical (unpaired) electrons. The number of piperazine rings is 1. The first-order valence-corrected chi connectivity index (χ1v) is 10.6. The molecule has 1 saturated carbocycles. The number of benzene rings is 1. The normalized spacial score (nSPS) is 29.7. The smallest absolute Gasteiger partial charge is 0.242 e. The molecule has 7 nitrogen and oxygen atoms in total. The molecule has 0 N–H and O–H groups in total. The molecule has 2 bridgehead atoms. The number of anilines is 1. The van der Waals surface area contributed by atoms with E-state index in [-0.39, 0.29) is 53.7 Å². The van der Waals surface area contributed by atoms with E-state index >= 15 is 0 Å². The number of likely N-dealkylation sites (tertiary alicyclic amines) is 1. The van der Waals surface area contributed by atoms with Crippen LogP contribution in [0.2, 0.25) is 0 Å². The summed E-state index contributed by atoms with van der Waals surface area (Å²) in [6, 6.07) is 7.49. The van der Waals surface area contributed by atoms with Gasteiger partial charge in [0, 0.05) is 37.4 Å². The number of Topliss-reactive ketones (excluding diaryl/α,β-unsaturated/α-hetero) is 1. The minimum absolute atomic E-state index is 0.0379. The maximum Gasteiger partial charge on any atom is 0.242 e. The van der Waals surface area contributed by atoms with Crippen molar-refractivity contribution in [3.8, 4) is 0 Å². The van der Waals surface area contributed by atoms with Gasteiger partial charge in [0.2, 0.25) is 17.7 Å². The number of rotatable bonds is 4. The van der Waals surface area contributed by atoms with Crippen LogP contribution in [0, 0.1) is 23.7 Å². The number of nitrogens with zero attached hydrogens (tertiary/aromatic N) is 3. The molecule has 0 aromatic heterocycles. The fourth-order valence-corrected chi connectivity index (χ4v) is 5.48. The molecule has 3 amide bonds. The van der Waals surface area contributed by atoms with Gasteiger partial charge < -0.3 is 9.80 Å². The summed E-state index contributed by atoms with van der Waals surface area (Å²) in [6.07, 6.45) is 5.01. The van der Waals surface area contributed by atoms with Crippen LogP contribution in [-0.2, 0) is 14.4 Å². The van der Waals surface area contributed by atoms with E-state index in [1.165, 1.54) is 4.90 Å². The van der Waals surface area contributed by atoms with Crippen LogP contribution in [0.25, 0.3) is 0 Å². The van der Waals surface area contributed by atoms with E-state index in [2.05, 4.69) is 17.1 Å². The minimum Gasteiger partial charge on any atom is -0.368 e. The Morgan fingerprint density at radius 3 is 2.00 bits per heavy atom. The van der Waals surface area contributed by atoms with Crippen LogP contribution in [0.4, 0.5) is 5.69 Å². The number of imide groups is 1. The van der Waals surface area contributed by atoms with Crippen LogP contribution in [-0.4, -0.2) is 66.0 Å². The summed E-state index contributed by atoms with van der Waals surface area (Å²) < 4.78 is 0. The molecule has 3 fully saturated rings. The lowest BCUT2D eigenvalue weighted by atomic mass is 9.85. The van der Waals surface area contributed by atoms with E-state index < -0.39 is 0 Å². The third-order valence-electron chi connectivity index (χ3n) is 7.13. The van der Waals surface area contributed by atoms with Crippen LogP contribution in [0.15, 0.2) is 36.4 Å². The van der Waals surface area contributed by atoms with Gasteiger partial charge in [0.05, 0.1) is 11.8 Å². The summed E-state index contributed by atoms with van der Waals surface area (Å²) in [5.41, 5.74) is 1.70. The van der Waals surface area contributed by atoms with Gasteiger partial charge in [0.15, 0.2) is 5.78 Å². The standard InChI is InChI=1S/C23H25N3O4/c1-14(27)15-4-6-18(7-5-15)24-8-10-25(11-9-24)19(28)13-26-22(29)20-16-2-3-17(12-16)21(20)23(26)30/h2-7,16-17,20-21H,8-13H2,1H3/t16-,17-,20+,21+/m0/s1. The highest BCUT2D eigenvalue weighted by Crippen LogP contribution is 2.52. The predicted octanol–water partition coefficient (Wildman–Crippen LogP) is 1.34. The van der Waals surface area contributed by atoms with Gasteiger partial charge in [0.25, 0.3) is 0 Å². The van der Waals surface area contributed by atoms with Gasteiger partial charge in [0.1, 0.15) is 6.54 Å². The number of ketones is 1. The third kappa shape index (κ3) is 2.95. The Kier molecular flexibility index (Phi) is 4.49. The summed E-state index contributed by atoms with van der Waals surface area (Å²) in [5.74, 6) is -0.646. The molecule has 1 aromatic rings. The highest BCUT2D eigenvalue weighted by molar-refractivity contribution is 6.08. The van der Waals surface area contributed by atoms with Gasteiger partial charge in [-0.05, 0) is 49.4 Å². The molecular weight excluding hydrogens is 382 g/mol. The zero-order valence-electron chi connectivity index (χ0n) is 17.0. The van der Waals surface area contributed by atoms with Crippen molar-refractivity contribution < 1.29 is 19.2 Å². The summed E-state index contributed by atoms with van der Waals surface area (Å²) in [5, 5.41) is 0. The number of carbonyl (C=O) groups excluding carboxylic acids is 4. The molecular formula is C23H25N3O4. The molecule has 2 saturated heterocycles. The average molecular weight is 407 g/mol. The zero-order valence-corrected chi connectivity index (χ0v) is 17.0. The molecule has 30 heavy (non-hydrogen) atoms. The van der Waals surface area contributed by atoms with E-state index in [1.807, 2.05) is 24.3 Å². The molecule has 4 atom stereocenters. The van der Waals surface area contributed by atoms with Crippen molar-refractivity contribution in [2.75, 3.05) is 37.6 Å². The second kappa shape index (κ2) is 7.07. The van der Waals surface area contributed by atoms with E-state index in [0.29, 0.717) is 31.7 Å². The van der Waals surface area contributed by atoms with Gasteiger partial charge in [-0.3, -0.25) is 24.1 Å². The highest BCUT2D eigenvalue weighted by atomic mass is 16.2. The lowest BCUT2D eigenvalue weighted by molar-refractivity contribution is -0.147. The summed E-state index contributed by atoms with van der Waals surface area (Å²) in [7, 11) is 0. The number of hydrogen-bond acceptors (Lipinski definition) is 5. The molecule has 2 aliphatic heterocycles. The van der Waals surface area contributed by atoms with Crippen molar-refractivity contribution >= 4 is 29.2 Å². The summed E-state index contributed by atoms with van der Waals surface area (Å²) >= 11 is 0. The molecule has 5 rings (SSSR count). The van der Waals surface area contributed by atoms with Gasteiger partial charge in [-0.25, -0.2) is 0 Å². The number of amides is 3. The fraction of sp³-hybridized carbons (Fsp3) is 0.478. The summed E-state index contributed by atoms with van der Waals surface area (Å²) in [6.45, 7) is 3.84. The topological polar surface area (TPSA) is 78.0 Å². The molecule has 7 heteroatoms. The van der Waals surface area contributed by atoms with Crippen LogP contribution in [0.1, 0.15) is 23.7 Å². The Bertz CT molecular complexity index is 916. The summed E-state index contributed by atoms with van der Waals surface area (Å²) in [4.78, 5) is 54.9. The van der Waals surface area contributed by atoms with Gasteiger partial charge in [-0.15, -0.1) is 0 Å². The van der Waals surface area contributed by atoms with Crippen molar-refractivity contribution in [3.05, 3.63) is 42.0 Å². The Hall–Kier alpha value is -2.96. The van der Waals surface area contributed by atoms with Gasteiger partial charge in [-0.1, -0.05) is 12.2 Å². The maximum absolute atomic E-state index is 12.8. The first-order chi connectivity index (χ1) is 14.4. The monoisotopic (exact) mass is 407 g/mol. The maximum atomic E-state index is 12.8. The Labute approximate surface area is 175 Å². The third-order valence-corrected chi connectivity index (χ3v) is 7.13. The quantitative estimate of drug-likeness (QED) is 0.428. The zero-order chi connectivity index (χ0) is 21.0. The largest absolute Gasteiger partial charge is 0.368 e. The van der Waals surface area contributed by atoms with E-state index in [9.17, 15) is 19.2 Å². The van der Waals surface area contributed by atoms with Crippen LogP contribution in [0.5, 0.6) is 0 Å². The molecule has 0 spiro atoms. The van der Waals surface area contributed by atoms with Crippen LogP contribution < -0.4 is 4.90 Å². The van der Waals surface area contributed by atoms with Crippen molar-refractivity contribution in [3.63, 3.8) is 0 Å². The van der Waals surface area contributed by atoms with E-state index in [0.717, 1.165) is 12.1 Å².